The highest BCUT2D eigenvalue weighted by atomic mass is 32.2. The topological polar surface area (TPSA) is 114 Å². The molecule has 168 valence electrons. The van der Waals surface area contributed by atoms with Crippen LogP contribution in [-0.4, -0.2) is 64.0 Å². The summed E-state index contributed by atoms with van der Waals surface area (Å²) in [4.78, 5) is 12.7. The predicted octanol–water partition coefficient (Wildman–Crippen LogP) is 1.11. The normalized spacial score (nSPS) is 25.7. The van der Waals surface area contributed by atoms with Gasteiger partial charge >= 0.3 is 0 Å². The number of benzene rings is 1. The van der Waals surface area contributed by atoms with E-state index in [0.29, 0.717) is 50.9 Å². The number of carbonyl (C=O) groups is 1. The lowest BCUT2D eigenvalue weighted by atomic mass is 9.94. The fourth-order valence-electron chi connectivity index (χ4n) is 4.06. The minimum atomic E-state index is -3.57. The summed E-state index contributed by atoms with van der Waals surface area (Å²) in [6.45, 7) is 3.02. The number of carbonyl (C=O) groups excluding carboxylic acids is 1. The second-order valence-electron chi connectivity index (χ2n) is 8.01. The number of amides is 1. The Labute approximate surface area is 178 Å². The van der Waals surface area contributed by atoms with Gasteiger partial charge < -0.3 is 19.9 Å². The quantitative estimate of drug-likeness (QED) is 0.558. The zero-order valence-corrected chi connectivity index (χ0v) is 18.2. The molecular formula is C21H32N2O6S. The van der Waals surface area contributed by atoms with Crippen molar-refractivity contribution in [2.24, 2.45) is 5.92 Å². The number of hydrogen-bond acceptors (Lipinski definition) is 6. The molecule has 30 heavy (non-hydrogen) atoms. The van der Waals surface area contributed by atoms with Crippen molar-refractivity contribution < 1.29 is 27.8 Å². The largest absolute Gasteiger partial charge is 0.394 e. The summed E-state index contributed by atoms with van der Waals surface area (Å²) in [6, 6.07) is 6.62. The highest BCUT2D eigenvalue weighted by Crippen LogP contribution is 2.23. The second-order valence-corrected chi connectivity index (χ2v) is 9.75. The molecule has 3 rings (SSSR count). The molecule has 3 N–H and O–H groups in total. The van der Waals surface area contributed by atoms with E-state index in [1.807, 2.05) is 0 Å². The van der Waals surface area contributed by atoms with Gasteiger partial charge in [0.25, 0.3) is 0 Å². The van der Waals surface area contributed by atoms with Gasteiger partial charge in [-0.15, -0.1) is 0 Å². The SMILES string of the molecule is Cc1ccccc1S(=O)(=O)NCC[C@@H]1CC[C@@H](NC(=O)C2CCOCC2)[C@@H](CO)O1. The Kier molecular flexibility index (Phi) is 8.24. The Morgan fingerprint density at radius 2 is 1.90 bits per heavy atom. The summed E-state index contributed by atoms with van der Waals surface area (Å²) in [5.74, 6) is -0.0542. The first-order valence-electron chi connectivity index (χ1n) is 10.6. The van der Waals surface area contributed by atoms with Crippen LogP contribution in [0.25, 0.3) is 0 Å². The predicted molar refractivity (Wildman–Crippen MR) is 111 cm³/mol. The van der Waals surface area contributed by atoms with Gasteiger partial charge in [-0.05, 0) is 50.7 Å². The van der Waals surface area contributed by atoms with Gasteiger partial charge in [0.05, 0.1) is 23.6 Å². The van der Waals surface area contributed by atoms with E-state index in [1.165, 1.54) is 0 Å². The molecule has 1 aromatic rings. The molecule has 0 saturated carbocycles. The minimum absolute atomic E-state index is 0.00482. The van der Waals surface area contributed by atoms with Gasteiger partial charge in [-0.3, -0.25) is 4.79 Å². The minimum Gasteiger partial charge on any atom is -0.394 e. The van der Waals surface area contributed by atoms with Crippen molar-refractivity contribution in [3.05, 3.63) is 29.8 Å². The molecule has 0 spiro atoms. The first-order valence-corrected chi connectivity index (χ1v) is 12.1. The lowest BCUT2D eigenvalue weighted by Crippen LogP contribution is -2.52. The van der Waals surface area contributed by atoms with Crippen LogP contribution in [0.2, 0.25) is 0 Å². The van der Waals surface area contributed by atoms with Crippen molar-refractivity contribution >= 4 is 15.9 Å². The Morgan fingerprint density at radius 3 is 2.60 bits per heavy atom. The molecule has 2 heterocycles. The van der Waals surface area contributed by atoms with Crippen LogP contribution in [0.4, 0.5) is 0 Å². The molecule has 9 heteroatoms. The summed E-state index contributed by atoms with van der Waals surface area (Å²) < 4.78 is 38.9. The molecular weight excluding hydrogens is 408 g/mol. The molecule has 0 aliphatic carbocycles. The van der Waals surface area contributed by atoms with Crippen LogP contribution in [0.15, 0.2) is 29.2 Å². The summed E-state index contributed by atoms with van der Waals surface area (Å²) >= 11 is 0. The van der Waals surface area contributed by atoms with E-state index in [1.54, 1.807) is 31.2 Å². The first-order chi connectivity index (χ1) is 14.4. The third-order valence-electron chi connectivity index (χ3n) is 5.86. The average Bonchev–Trinajstić information content (AvgIpc) is 2.75. The van der Waals surface area contributed by atoms with E-state index < -0.39 is 16.1 Å². The van der Waals surface area contributed by atoms with E-state index in [9.17, 15) is 18.3 Å². The smallest absolute Gasteiger partial charge is 0.240 e. The zero-order chi connectivity index (χ0) is 21.6. The van der Waals surface area contributed by atoms with Crippen LogP contribution >= 0.6 is 0 Å². The maximum atomic E-state index is 12.5. The monoisotopic (exact) mass is 440 g/mol. The number of ether oxygens (including phenoxy) is 2. The third-order valence-corrected chi connectivity index (χ3v) is 7.48. The number of sulfonamides is 1. The Balaban J connectivity index is 1.47. The van der Waals surface area contributed by atoms with Gasteiger partial charge in [0.15, 0.2) is 0 Å². The van der Waals surface area contributed by atoms with Crippen molar-refractivity contribution in [3.63, 3.8) is 0 Å². The molecule has 2 saturated heterocycles. The molecule has 0 bridgehead atoms. The van der Waals surface area contributed by atoms with Crippen LogP contribution in [0.3, 0.4) is 0 Å². The molecule has 3 atom stereocenters. The van der Waals surface area contributed by atoms with Crippen molar-refractivity contribution in [1.29, 1.82) is 0 Å². The number of nitrogens with one attached hydrogen (secondary N) is 2. The highest BCUT2D eigenvalue weighted by molar-refractivity contribution is 7.89. The van der Waals surface area contributed by atoms with Gasteiger partial charge in [0.2, 0.25) is 15.9 Å². The molecule has 8 nitrogen and oxygen atoms in total. The van der Waals surface area contributed by atoms with Gasteiger partial charge in [-0.1, -0.05) is 18.2 Å². The van der Waals surface area contributed by atoms with Crippen molar-refractivity contribution in [2.75, 3.05) is 26.4 Å². The third kappa shape index (κ3) is 6.01. The lowest BCUT2D eigenvalue weighted by molar-refractivity contribution is -0.134. The number of hydrogen-bond donors (Lipinski definition) is 3. The van der Waals surface area contributed by atoms with Crippen molar-refractivity contribution in [3.8, 4) is 0 Å². The molecule has 0 unspecified atom stereocenters. The molecule has 1 aromatic carbocycles. The van der Waals surface area contributed by atoms with E-state index in [2.05, 4.69) is 10.0 Å². The van der Waals surface area contributed by atoms with Gasteiger partial charge in [0, 0.05) is 25.7 Å². The lowest BCUT2D eigenvalue weighted by Gasteiger charge is -2.37. The summed E-state index contributed by atoms with van der Waals surface area (Å²) in [6.07, 6.45) is 2.66. The Hall–Kier alpha value is -1.52. The van der Waals surface area contributed by atoms with E-state index >= 15 is 0 Å². The van der Waals surface area contributed by atoms with Gasteiger partial charge in [-0.25, -0.2) is 13.1 Å². The van der Waals surface area contributed by atoms with Gasteiger partial charge in [0.1, 0.15) is 6.10 Å². The molecule has 2 fully saturated rings. The summed E-state index contributed by atoms with van der Waals surface area (Å²) in [5, 5.41) is 12.8. The number of rotatable bonds is 8. The van der Waals surface area contributed by atoms with E-state index in [4.69, 9.17) is 9.47 Å². The zero-order valence-electron chi connectivity index (χ0n) is 17.4. The average molecular weight is 441 g/mol. The van der Waals surface area contributed by atoms with Crippen molar-refractivity contribution in [1.82, 2.24) is 10.0 Å². The highest BCUT2D eigenvalue weighted by Gasteiger charge is 2.33. The fourth-order valence-corrected chi connectivity index (χ4v) is 5.35. The van der Waals surface area contributed by atoms with Crippen LogP contribution in [0.1, 0.15) is 37.7 Å². The maximum Gasteiger partial charge on any atom is 0.240 e. The number of aliphatic hydroxyl groups excluding tert-OH is 1. The Bertz CT molecular complexity index is 809. The van der Waals surface area contributed by atoms with E-state index in [-0.39, 0.29) is 42.0 Å². The van der Waals surface area contributed by atoms with Crippen LogP contribution < -0.4 is 10.0 Å². The van der Waals surface area contributed by atoms with Crippen molar-refractivity contribution in [2.45, 2.75) is 62.2 Å². The molecule has 2 aliphatic rings. The summed E-state index contributed by atoms with van der Waals surface area (Å²) in [5.41, 5.74) is 0.697. The number of aryl methyl sites for hydroxylation is 1. The summed E-state index contributed by atoms with van der Waals surface area (Å²) in [7, 11) is -3.57. The maximum absolute atomic E-state index is 12.5. The van der Waals surface area contributed by atoms with Crippen LogP contribution in [0.5, 0.6) is 0 Å². The fraction of sp³-hybridized carbons (Fsp3) is 0.667. The Morgan fingerprint density at radius 1 is 1.17 bits per heavy atom. The number of aliphatic hydroxyl groups is 1. The molecule has 2 aliphatic heterocycles. The van der Waals surface area contributed by atoms with Gasteiger partial charge in [-0.2, -0.15) is 0 Å². The molecule has 1 amide bonds. The first kappa shape index (κ1) is 23.1. The van der Waals surface area contributed by atoms with Crippen LogP contribution in [-0.2, 0) is 24.3 Å². The molecule has 0 aromatic heterocycles. The van der Waals surface area contributed by atoms with Crippen LogP contribution in [0, 0.1) is 12.8 Å². The molecule has 0 radical (unpaired) electrons. The second kappa shape index (κ2) is 10.7. The van der Waals surface area contributed by atoms with E-state index in [0.717, 1.165) is 0 Å². The standard InChI is InChI=1S/C21H32N2O6S/c1-15-4-2-3-5-20(15)30(26,27)22-11-8-17-6-7-18(19(14-24)29-17)23-21(25)16-9-12-28-13-10-16/h2-5,16-19,22,24H,6-14H2,1H3,(H,23,25)/t17-,18+,19+/m0/s1.